The molecule has 14 rings (SSSR count). The Hall–Kier alpha value is -9.50. The molecule has 2 nitrogen and oxygen atoms in total. The minimum atomic E-state index is -0.535. The first kappa shape index (κ1) is 50.7. The molecule has 0 fully saturated rings. The van der Waals surface area contributed by atoms with Gasteiger partial charge in [0.05, 0.1) is 10.8 Å². The van der Waals surface area contributed by atoms with E-state index < -0.39 is 5.41 Å². The van der Waals surface area contributed by atoms with Crippen molar-refractivity contribution in [3.05, 3.63) is 349 Å². The Morgan fingerprint density at radius 3 is 1.66 bits per heavy atom. The van der Waals surface area contributed by atoms with E-state index in [1.165, 1.54) is 66.9 Å². The molecule has 0 saturated carbocycles. The Labute approximate surface area is 484 Å². The summed E-state index contributed by atoms with van der Waals surface area (Å²) in [5, 5.41) is 0. The second-order valence-electron chi connectivity index (χ2n) is 22.9. The summed E-state index contributed by atoms with van der Waals surface area (Å²) in [6, 6.07) is 81.8. The van der Waals surface area contributed by atoms with E-state index in [4.69, 9.17) is 0 Å². The normalized spacial score (nSPS) is 21.6. The van der Waals surface area contributed by atoms with E-state index in [-0.39, 0.29) is 11.3 Å². The van der Waals surface area contributed by atoms with Crippen molar-refractivity contribution in [3.8, 4) is 33.4 Å². The molecule has 9 aromatic carbocycles. The van der Waals surface area contributed by atoms with Crippen LogP contribution in [0.15, 0.2) is 310 Å². The highest BCUT2D eigenvalue weighted by Crippen LogP contribution is 2.61. The van der Waals surface area contributed by atoms with E-state index in [1.54, 1.807) is 0 Å². The Kier molecular flexibility index (Phi) is 12.9. The third-order valence-corrected chi connectivity index (χ3v) is 18.4. The van der Waals surface area contributed by atoms with Gasteiger partial charge in [-0.2, -0.15) is 0 Å². The highest BCUT2D eigenvalue weighted by atomic mass is 15.2. The van der Waals surface area contributed by atoms with E-state index in [9.17, 15) is 0 Å². The molecule has 9 aromatic rings. The van der Waals surface area contributed by atoms with Crippen LogP contribution in [-0.4, -0.2) is 0 Å². The van der Waals surface area contributed by atoms with Gasteiger partial charge in [-0.15, -0.1) is 6.58 Å². The second kappa shape index (κ2) is 20.9. The van der Waals surface area contributed by atoms with Gasteiger partial charge >= 0.3 is 0 Å². The van der Waals surface area contributed by atoms with E-state index >= 15 is 0 Å². The largest absolute Gasteiger partial charge is 0.311 e. The van der Waals surface area contributed by atoms with Gasteiger partial charge in [-0.05, 0) is 175 Å². The average Bonchev–Trinajstić information content (AvgIpc) is 4.18. The Balaban J connectivity index is 0.843. The van der Waals surface area contributed by atoms with Crippen molar-refractivity contribution >= 4 is 34.5 Å². The summed E-state index contributed by atoms with van der Waals surface area (Å²) < 4.78 is 0. The maximum Gasteiger partial charge on any atom is 0.0714 e. The van der Waals surface area contributed by atoms with Crippen LogP contribution in [0.2, 0.25) is 0 Å². The molecule has 6 atom stereocenters. The molecule has 0 aliphatic heterocycles. The SMILES string of the molecule is C=Cc1ccc(C2(c3ccccc3)c3ccccc3-c3ccc(N(C4=CCC(C)C=C4)c4ccc(-c5ccc(N(c6ccccc6)c6ccc7c(c6)C(C6=CC(C)C(C=C)C=C6)(C6C=CC=CC6)c6ccccc6-7)cc5)cc4)cc32)cc1. The molecule has 0 N–H and O–H groups in total. The van der Waals surface area contributed by atoms with Gasteiger partial charge in [-0.25, -0.2) is 0 Å². The number of rotatable bonds is 13. The third kappa shape index (κ3) is 8.22. The zero-order valence-electron chi connectivity index (χ0n) is 46.7. The Bertz CT molecular complexity index is 4110. The minimum absolute atomic E-state index is 0.234. The first-order valence-electron chi connectivity index (χ1n) is 29.3. The van der Waals surface area contributed by atoms with Crippen LogP contribution in [-0.2, 0) is 10.8 Å². The van der Waals surface area contributed by atoms with Crippen molar-refractivity contribution in [3.63, 3.8) is 0 Å². The number of anilines is 5. The number of hydrogen-bond acceptors (Lipinski definition) is 2. The summed E-state index contributed by atoms with van der Waals surface area (Å²) in [4.78, 5) is 4.89. The van der Waals surface area contributed by atoms with Crippen molar-refractivity contribution in [2.75, 3.05) is 9.80 Å². The summed E-state index contributed by atoms with van der Waals surface area (Å²) in [5.41, 5.74) is 23.6. The molecule has 396 valence electrons. The first-order chi connectivity index (χ1) is 40.4. The average molecular weight is 1060 g/mol. The van der Waals surface area contributed by atoms with Gasteiger partial charge in [-0.1, -0.05) is 245 Å². The van der Waals surface area contributed by atoms with Gasteiger partial charge in [0, 0.05) is 40.1 Å². The molecule has 0 aromatic heterocycles. The lowest BCUT2D eigenvalue weighted by molar-refractivity contribution is 0.445. The van der Waals surface area contributed by atoms with Crippen molar-refractivity contribution in [2.24, 2.45) is 23.7 Å². The molecule has 0 radical (unpaired) electrons. The van der Waals surface area contributed by atoms with Gasteiger partial charge in [-0.3, -0.25) is 0 Å². The molecule has 5 aliphatic carbocycles. The fourth-order valence-corrected chi connectivity index (χ4v) is 14.4. The van der Waals surface area contributed by atoms with Crippen LogP contribution < -0.4 is 9.80 Å². The Morgan fingerprint density at radius 1 is 0.463 bits per heavy atom. The van der Waals surface area contributed by atoms with E-state index in [2.05, 4.69) is 322 Å². The lowest BCUT2D eigenvalue weighted by Crippen LogP contribution is -2.37. The molecular weight excluding hydrogens is 989 g/mol. The van der Waals surface area contributed by atoms with E-state index in [0.717, 1.165) is 58.0 Å². The summed E-state index contributed by atoms with van der Waals surface area (Å²) in [5.74, 6) is 1.35. The molecule has 0 spiro atoms. The minimum Gasteiger partial charge on any atom is -0.311 e. The maximum absolute atomic E-state index is 4.21. The topological polar surface area (TPSA) is 6.48 Å². The van der Waals surface area contributed by atoms with Crippen LogP contribution in [0.1, 0.15) is 65.6 Å². The monoisotopic (exact) mass is 1050 g/mol. The quantitative estimate of drug-likeness (QED) is 0.106. The lowest BCUT2D eigenvalue weighted by Gasteiger charge is -2.42. The Morgan fingerprint density at radius 2 is 1.02 bits per heavy atom. The number of benzene rings is 9. The van der Waals surface area contributed by atoms with Crippen LogP contribution in [0.5, 0.6) is 0 Å². The number of para-hydroxylation sites is 1. The van der Waals surface area contributed by atoms with E-state index in [1.807, 2.05) is 6.08 Å². The van der Waals surface area contributed by atoms with Crippen molar-refractivity contribution < 1.29 is 0 Å². The molecule has 0 amide bonds. The summed E-state index contributed by atoms with van der Waals surface area (Å²) in [6.45, 7) is 12.9. The van der Waals surface area contributed by atoms with Gasteiger partial charge < -0.3 is 9.80 Å². The van der Waals surface area contributed by atoms with Gasteiger partial charge in [0.15, 0.2) is 0 Å². The van der Waals surface area contributed by atoms with Crippen molar-refractivity contribution in [2.45, 2.75) is 37.5 Å². The van der Waals surface area contributed by atoms with Gasteiger partial charge in [0.25, 0.3) is 0 Å². The van der Waals surface area contributed by atoms with Crippen LogP contribution in [0.25, 0.3) is 39.5 Å². The predicted octanol–water partition coefficient (Wildman–Crippen LogP) is 20.8. The third-order valence-electron chi connectivity index (χ3n) is 18.4. The number of nitrogens with zero attached hydrogens (tertiary/aromatic N) is 2. The molecule has 0 saturated heterocycles. The van der Waals surface area contributed by atoms with E-state index in [0.29, 0.717) is 17.8 Å². The van der Waals surface area contributed by atoms with Crippen LogP contribution in [0, 0.1) is 23.7 Å². The highest BCUT2D eigenvalue weighted by molar-refractivity contribution is 5.91. The standard InChI is InChI=1S/C80H66N2/c1-5-57-32-39-63(40-33-57)79(61-20-10-7-11-21-61)75-28-18-16-26-71(75)73-50-49-70(53-77(73)79)82(66-42-30-55(3)31-43-66)68-46-37-60(38-47-68)59-35-44-67(45-36-59)81(65-24-14-9-15-25-65)69-48-51-74-72-27-17-19-29-76(72)80(78(74)54-69,62-22-12-8-13-23-62)64-41-34-58(6-2)56(4)52-64/h5-22,24-30,32-56,58,62H,1-2,23,31H2,3-4H3. The number of fused-ring (bicyclic) bond motifs is 6. The fourth-order valence-electron chi connectivity index (χ4n) is 14.4. The fraction of sp³-hybridized carbons (Fsp3) is 0.125. The van der Waals surface area contributed by atoms with Crippen LogP contribution >= 0.6 is 0 Å². The molecule has 6 unspecified atom stereocenters. The van der Waals surface area contributed by atoms with Gasteiger partial charge in [0.2, 0.25) is 0 Å². The second-order valence-corrected chi connectivity index (χ2v) is 22.9. The smallest absolute Gasteiger partial charge is 0.0714 e. The first-order valence-corrected chi connectivity index (χ1v) is 29.3. The van der Waals surface area contributed by atoms with Crippen LogP contribution in [0.3, 0.4) is 0 Å². The molecule has 2 heteroatoms. The zero-order chi connectivity index (χ0) is 55.4. The molecule has 82 heavy (non-hydrogen) atoms. The zero-order valence-corrected chi connectivity index (χ0v) is 46.7. The highest BCUT2D eigenvalue weighted by Gasteiger charge is 2.51. The maximum atomic E-state index is 4.21. The van der Waals surface area contributed by atoms with Crippen molar-refractivity contribution in [1.82, 2.24) is 0 Å². The molecule has 5 aliphatic rings. The van der Waals surface area contributed by atoms with Crippen LogP contribution in [0.4, 0.5) is 28.4 Å². The summed E-state index contributed by atoms with van der Waals surface area (Å²) >= 11 is 0. The lowest BCUT2D eigenvalue weighted by atomic mass is 9.60. The number of hydrogen-bond donors (Lipinski definition) is 0. The molecule has 0 heterocycles. The predicted molar refractivity (Wildman–Crippen MR) is 346 cm³/mol. The molecular formula is C80H66N2. The summed E-state index contributed by atoms with van der Waals surface area (Å²) in [7, 11) is 0. The summed E-state index contributed by atoms with van der Waals surface area (Å²) in [6.07, 6.45) is 29.6. The molecule has 0 bridgehead atoms. The number of allylic oxidation sites excluding steroid dienone is 12. The van der Waals surface area contributed by atoms with Crippen molar-refractivity contribution in [1.29, 1.82) is 0 Å². The van der Waals surface area contributed by atoms with Gasteiger partial charge in [0.1, 0.15) is 0 Å².